The van der Waals surface area contributed by atoms with Gasteiger partial charge in [0.15, 0.2) is 0 Å². The molecule has 3 rings (SSSR count). The lowest BCUT2D eigenvalue weighted by Crippen LogP contribution is -2.38. The van der Waals surface area contributed by atoms with Gasteiger partial charge in [0.1, 0.15) is 5.82 Å². The van der Waals surface area contributed by atoms with Gasteiger partial charge in [-0.2, -0.15) is 0 Å². The van der Waals surface area contributed by atoms with Crippen LogP contribution in [0.4, 0.5) is 0 Å². The number of benzene rings is 1. The molecule has 1 fully saturated rings. The Bertz CT molecular complexity index is 668. The molecule has 4 nitrogen and oxygen atoms in total. The molecule has 1 heterocycles. The molecule has 1 N–H and O–H groups in total. The largest absolute Gasteiger partial charge is 0.478 e. The highest BCUT2D eigenvalue weighted by Gasteiger charge is 2.36. The van der Waals surface area contributed by atoms with Gasteiger partial charge in [-0.05, 0) is 50.8 Å². The van der Waals surface area contributed by atoms with Crippen LogP contribution in [0, 0.1) is 0 Å². The molecular formula is C16H20N2O2. The average molecular weight is 272 g/mol. The lowest BCUT2D eigenvalue weighted by Gasteiger charge is -2.41. The van der Waals surface area contributed by atoms with E-state index in [-0.39, 0.29) is 5.54 Å². The molecule has 0 aliphatic heterocycles. The molecule has 106 valence electrons. The third kappa shape index (κ3) is 1.90. The van der Waals surface area contributed by atoms with Crippen molar-refractivity contribution in [1.82, 2.24) is 9.55 Å². The van der Waals surface area contributed by atoms with Gasteiger partial charge >= 0.3 is 5.97 Å². The molecule has 1 aromatic carbocycles. The summed E-state index contributed by atoms with van der Waals surface area (Å²) in [6.07, 6.45) is 5.60. The number of hydrogen-bond donors (Lipinski definition) is 1. The zero-order valence-corrected chi connectivity index (χ0v) is 12.0. The molecule has 2 aromatic rings. The Balaban J connectivity index is 2.19. The van der Waals surface area contributed by atoms with E-state index < -0.39 is 5.97 Å². The van der Waals surface area contributed by atoms with Crippen LogP contribution in [0.1, 0.15) is 55.7 Å². The van der Waals surface area contributed by atoms with Crippen LogP contribution < -0.4 is 0 Å². The van der Waals surface area contributed by atoms with Gasteiger partial charge in [0.2, 0.25) is 0 Å². The molecular weight excluding hydrogens is 252 g/mol. The van der Waals surface area contributed by atoms with Crippen molar-refractivity contribution in [2.75, 3.05) is 0 Å². The smallest absolute Gasteiger partial charge is 0.335 e. The van der Waals surface area contributed by atoms with Gasteiger partial charge in [-0.1, -0.05) is 6.92 Å². The Kier molecular flexibility index (Phi) is 3.04. The monoisotopic (exact) mass is 272 g/mol. The van der Waals surface area contributed by atoms with Crippen LogP contribution in [-0.2, 0) is 12.0 Å². The number of aromatic nitrogens is 2. The van der Waals surface area contributed by atoms with Crippen LogP contribution in [0.2, 0.25) is 0 Å². The molecule has 0 radical (unpaired) electrons. The Morgan fingerprint density at radius 2 is 2.20 bits per heavy atom. The van der Waals surface area contributed by atoms with Crippen LogP contribution in [0.15, 0.2) is 18.2 Å². The summed E-state index contributed by atoms with van der Waals surface area (Å²) in [5, 5.41) is 9.11. The van der Waals surface area contributed by atoms with E-state index >= 15 is 0 Å². The van der Waals surface area contributed by atoms with Crippen molar-refractivity contribution in [3.05, 3.63) is 29.6 Å². The highest BCUT2D eigenvalue weighted by Crippen LogP contribution is 2.41. The summed E-state index contributed by atoms with van der Waals surface area (Å²) in [7, 11) is 0. The predicted octanol–water partition coefficient (Wildman–Crippen LogP) is 3.59. The Morgan fingerprint density at radius 3 is 2.75 bits per heavy atom. The first-order chi connectivity index (χ1) is 9.55. The maximum Gasteiger partial charge on any atom is 0.335 e. The first-order valence-corrected chi connectivity index (χ1v) is 7.30. The van der Waals surface area contributed by atoms with Crippen molar-refractivity contribution < 1.29 is 9.90 Å². The second-order valence-corrected chi connectivity index (χ2v) is 5.97. The third-order valence-corrected chi connectivity index (χ3v) is 4.42. The molecule has 1 aliphatic carbocycles. The predicted molar refractivity (Wildman–Crippen MR) is 78.2 cm³/mol. The highest BCUT2D eigenvalue weighted by atomic mass is 16.4. The molecule has 1 saturated carbocycles. The van der Waals surface area contributed by atoms with Gasteiger partial charge in [0.25, 0.3) is 0 Å². The van der Waals surface area contributed by atoms with Crippen LogP contribution >= 0.6 is 0 Å². The van der Waals surface area contributed by atoms with Gasteiger partial charge in [0, 0.05) is 12.0 Å². The number of aromatic carboxylic acids is 1. The maximum absolute atomic E-state index is 11.1. The van der Waals surface area contributed by atoms with E-state index in [1.54, 1.807) is 12.1 Å². The molecule has 0 spiro atoms. The van der Waals surface area contributed by atoms with E-state index in [0.29, 0.717) is 5.56 Å². The summed E-state index contributed by atoms with van der Waals surface area (Å²) < 4.78 is 2.35. The zero-order valence-electron chi connectivity index (χ0n) is 12.0. The number of aryl methyl sites for hydroxylation is 1. The molecule has 1 aliphatic rings. The normalized spacial score (nSPS) is 17.1. The lowest BCUT2D eigenvalue weighted by atomic mass is 9.78. The number of imidazole rings is 1. The van der Waals surface area contributed by atoms with E-state index in [1.807, 2.05) is 6.07 Å². The van der Waals surface area contributed by atoms with Crippen molar-refractivity contribution in [1.29, 1.82) is 0 Å². The van der Waals surface area contributed by atoms with Gasteiger partial charge in [-0.25, -0.2) is 9.78 Å². The lowest BCUT2D eigenvalue weighted by molar-refractivity contribution is 0.0697. The number of fused-ring (bicyclic) bond motifs is 1. The second kappa shape index (κ2) is 4.62. The molecule has 1 aromatic heterocycles. The van der Waals surface area contributed by atoms with Crippen molar-refractivity contribution in [2.24, 2.45) is 0 Å². The molecule has 0 amide bonds. The highest BCUT2D eigenvalue weighted by molar-refractivity contribution is 5.92. The summed E-state index contributed by atoms with van der Waals surface area (Å²) in [5.74, 6) is 0.195. The van der Waals surface area contributed by atoms with Crippen LogP contribution in [0.3, 0.4) is 0 Å². The average Bonchev–Trinajstić information content (AvgIpc) is 2.73. The van der Waals surface area contributed by atoms with Gasteiger partial charge < -0.3 is 9.67 Å². The first-order valence-electron chi connectivity index (χ1n) is 7.30. The van der Waals surface area contributed by atoms with E-state index in [4.69, 9.17) is 10.1 Å². The molecule has 20 heavy (non-hydrogen) atoms. The van der Waals surface area contributed by atoms with Crippen molar-refractivity contribution in [3.63, 3.8) is 0 Å². The van der Waals surface area contributed by atoms with Gasteiger partial charge in [-0.3, -0.25) is 0 Å². The molecule has 0 atom stereocenters. The number of carboxylic acid groups (broad SMARTS) is 1. The van der Waals surface area contributed by atoms with Crippen LogP contribution in [0.25, 0.3) is 11.0 Å². The molecule has 4 heteroatoms. The Labute approximate surface area is 118 Å². The summed E-state index contributed by atoms with van der Waals surface area (Å²) in [6, 6.07) is 5.28. The minimum Gasteiger partial charge on any atom is -0.478 e. The number of carboxylic acids is 1. The number of hydrogen-bond acceptors (Lipinski definition) is 2. The second-order valence-electron chi connectivity index (χ2n) is 5.97. The number of rotatable bonds is 4. The van der Waals surface area contributed by atoms with E-state index in [9.17, 15) is 4.79 Å². The van der Waals surface area contributed by atoms with Crippen molar-refractivity contribution in [2.45, 2.75) is 51.5 Å². The van der Waals surface area contributed by atoms with E-state index in [2.05, 4.69) is 18.4 Å². The molecule has 0 saturated heterocycles. The minimum atomic E-state index is -0.895. The van der Waals surface area contributed by atoms with Gasteiger partial charge in [0.05, 0.1) is 16.6 Å². The quantitative estimate of drug-likeness (QED) is 0.925. The fraction of sp³-hybridized carbons (Fsp3) is 0.500. The summed E-state index contributed by atoms with van der Waals surface area (Å²) >= 11 is 0. The zero-order chi connectivity index (χ0) is 14.3. The minimum absolute atomic E-state index is 0.157. The molecule has 0 unspecified atom stereocenters. The fourth-order valence-corrected chi connectivity index (χ4v) is 3.17. The summed E-state index contributed by atoms with van der Waals surface area (Å²) in [5.41, 5.74) is 2.34. The van der Waals surface area contributed by atoms with Crippen LogP contribution in [-0.4, -0.2) is 20.6 Å². The van der Waals surface area contributed by atoms with Crippen molar-refractivity contribution >= 4 is 17.0 Å². The fourth-order valence-electron chi connectivity index (χ4n) is 3.17. The Morgan fingerprint density at radius 1 is 1.45 bits per heavy atom. The third-order valence-electron chi connectivity index (χ3n) is 4.42. The van der Waals surface area contributed by atoms with E-state index in [0.717, 1.165) is 29.7 Å². The Hall–Kier alpha value is -1.84. The number of nitrogens with zero attached hydrogens (tertiary/aromatic N) is 2. The van der Waals surface area contributed by atoms with E-state index in [1.165, 1.54) is 19.3 Å². The summed E-state index contributed by atoms with van der Waals surface area (Å²) in [4.78, 5) is 15.8. The van der Waals surface area contributed by atoms with Gasteiger partial charge in [-0.15, -0.1) is 0 Å². The SMILES string of the molecule is CCCc1nc2cc(C(=O)O)ccc2n1C1(C)CCC1. The van der Waals surface area contributed by atoms with Crippen LogP contribution in [0.5, 0.6) is 0 Å². The topological polar surface area (TPSA) is 55.1 Å². The van der Waals surface area contributed by atoms with Crippen molar-refractivity contribution in [3.8, 4) is 0 Å². The first kappa shape index (κ1) is 13.2. The standard InChI is InChI=1S/C16H20N2O2/c1-3-5-14-17-12-10-11(15(19)20)6-7-13(12)18(14)16(2)8-4-9-16/h6-7,10H,3-5,8-9H2,1-2H3,(H,19,20). The number of carbonyl (C=O) groups is 1. The maximum atomic E-state index is 11.1. The summed E-state index contributed by atoms with van der Waals surface area (Å²) in [6.45, 7) is 4.43. The molecule has 0 bridgehead atoms.